The second kappa shape index (κ2) is 4.05. The number of rotatable bonds is 2. The molecule has 88 valence electrons. The van der Waals surface area contributed by atoms with Gasteiger partial charge < -0.3 is 15.0 Å². The van der Waals surface area contributed by atoms with Gasteiger partial charge >= 0.3 is 5.97 Å². The average molecular weight is 240 g/mol. The number of thioether (sulfide) groups is 1. The monoisotopic (exact) mass is 240 g/mol. The molecule has 1 aromatic rings. The number of nitrogens with zero attached hydrogens (tertiary/aromatic N) is 1. The van der Waals surface area contributed by atoms with Crippen molar-refractivity contribution in [2.45, 2.75) is 24.0 Å². The summed E-state index contributed by atoms with van der Waals surface area (Å²) in [4.78, 5) is 17.0. The Kier molecular flexibility index (Phi) is 2.88. The normalized spacial score (nSPS) is 20.0. The first kappa shape index (κ1) is 11.4. The summed E-state index contributed by atoms with van der Waals surface area (Å²) in [5.74, 6) is 0.618. The number of aromatic nitrogens is 1. The number of H-pyrrole nitrogens is 1. The highest BCUT2D eigenvalue weighted by Crippen LogP contribution is 2.40. The minimum absolute atomic E-state index is 0.272. The number of fused-ring (bicyclic) bond motifs is 1. The lowest BCUT2D eigenvalue weighted by Gasteiger charge is -2.32. The lowest BCUT2D eigenvalue weighted by Crippen LogP contribution is -2.33. The van der Waals surface area contributed by atoms with Crippen molar-refractivity contribution in [1.29, 1.82) is 0 Å². The highest BCUT2D eigenvalue weighted by molar-refractivity contribution is 8.00. The summed E-state index contributed by atoms with van der Waals surface area (Å²) < 4.78 is 0. The molecular weight excluding hydrogens is 224 g/mol. The van der Waals surface area contributed by atoms with Crippen LogP contribution in [0, 0.1) is 5.92 Å². The highest BCUT2D eigenvalue weighted by atomic mass is 32.2. The predicted molar refractivity (Wildman–Crippen MR) is 65.5 cm³/mol. The van der Waals surface area contributed by atoms with Crippen LogP contribution in [0.2, 0.25) is 0 Å². The summed E-state index contributed by atoms with van der Waals surface area (Å²) >= 11 is 1.77. The zero-order valence-electron chi connectivity index (χ0n) is 9.65. The maximum atomic E-state index is 10.9. The van der Waals surface area contributed by atoms with Crippen LogP contribution in [0.25, 0.3) is 0 Å². The van der Waals surface area contributed by atoms with Crippen LogP contribution in [-0.4, -0.2) is 34.9 Å². The van der Waals surface area contributed by atoms with Crippen LogP contribution in [0.4, 0.5) is 5.82 Å². The zero-order chi connectivity index (χ0) is 11.9. The van der Waals surface area contributed by atoms with Crippen molar-refractivity contribution in [3.05, 3.63) is 11.8 Å². The van der Waals surface area contributed by atoms with E-state index < -0.39 is 5.97 Å². The molecule has 0 saturated heterocycles. The molecule has 0 bridgehead atoms. The van der Waals surface area contributed by atoms with E-state index in [-0.39, 0.29) is 5.69 Å². The Morgan fingerprint density at radius 3 is 2.94 bits per heavy atom. The van der Waals surface area contributed by atoms with Crippen molar-refractivity contribution in [3.8, 4) is 0 Å². The van der Waals surface area contributed by atoms with Gasteiger partial charge in [0.25, 0.3) is 0 Å². The molecule has 0 radical (unpaired) electrons. The van der Waals surface area contributed by atoms with Crippen molar-refractivity contribution in [3.63, 3.8) is 0 Å². The van der Waals surface area contributed by atoms with Gasteiger partial charge in [0.15, 0.2) is 0 Å². The summed E-state index contributed by atoms with van der Waals surface area (Å²) in [6.07, 6.45) is 0. The van der Waals surface area contributed by atoms with Gasteiger partial charge in [-0.25, -0.2) is 4.79 Å². The fourth-order valence-corrected chi connectivity index (χ4v) is 3.22. The van der Waals surface area contributed by atoms with Gasteiger partial charge in [0.2, 0.25) is 0 Å². The molecule has 0 spiro atoms. The second-order valence-electron chi connectivity index (χ2n) is 4.48. The number of carboxylic acids is 1. The standard InChI is InChI=1S/C11H16N2O2S/c1-6(2)9-5-13(3)10-8(16-9)4-7(12-10)11(14)15/h4,6,9,12H,5H2,1-3H3,(H,14,15). The van der Waals surface area contributed by atoms with E-state index >= 15 is 0 Å². The molecule has 2 N–H and O–H groups in total. The number of hydrogen-bond donors (Lipinski definition) is 2. The summed E-state index contributed by atoms with van der Waals surface area (Å²) in [6.45, 7) is 5.34. The molecule has 1 atom stereocenters. The minimum Gasteiger partial charge on any atom is -0.477 e. The number of anilines is 1. The number of nitrogens with one attached hydrogen (secondary N) is 1. The van der Waals surface area contributed by atoms with Crippen molar-refractivity contribution in [1.82, 2.24) is 4.98 Å². The molecular formula is C11H16N2O2S. The summed E-state index contributed by atoms with van der Waals surface area (Å²) in [5.41, 5.74) is 0.272. The van der Waals surface area contributed by atoms with Crippen LogP contribution in [0.5, 0.6) is 0 Å². The molecule has 16 heavy (non-hydrogen) atoms. The van der Waals surface area contributed by atoms with Gasteiger partial charge in [0, 0.05) is 18.8 Å². The smallest absolute Gasteiger partial charge is 0.352 e. The summed E-state index contributed by atoms with van der Waals surface area (Å²) in [6, 6.07) is 1.73. The van der Waals surface area contributed by atoms with Crippen LogP contribution >= 0.6 is 11.8 Å². The SMILES string of the molecule is CC(C)C1CN(C)c2[nH]c(C(=O)O)cc2S1. The van der Waals surface area contributed by atoms with E-state index in [2.05, 4.69) is 23.7 Å². The predicted octanol–water partition coefficient (Wildman–Crippen LogP) is 2.28. The largest absolute Gasteiger partial charge is 0.477 e. The van der Waals surface area contributed by atoms with E-state index in [1.54, 1.807) is 17.8 Å². The number of aromatic amines is 1. The molecule has 0 fully saturated rings. The number of aromatic carboxylic acids is 1. The first-order valence-electron chi connectivity index (χ1n) is 5.33. The van der Waals surface area contributed by atoms with Gasteiger partial charge in [-0.15, -0.1) is 11.8 Å². The molecule has 2 heterocycles. The Morgan fingerprint density at radius 2 is 2.38 bits per heavy atom. The maximum absolute atomic E-state index is 10.9. The van der Waals surface area contributed by atoms with Crippen LogP contribution in [0.3, 0.4) is 0 Å². The maximum Gasteiger partial charge on any atom is 0.352 e. The van der Waals surface area contributed by atoms with Crippen LogP contribution in [0.15, 0.2) is 11.0 Å². The molecule has 5 heteroatoms. The molecule has 1 aliphatic heterocycles. The second-order valence-corrected chi connectivity index (χ2v) is 5.76. The molecule has 0 saturated carbocycles. The first-order valence-corrected chi connectivity index (χ1v) is 6.21. The van der Waals surface area contributed by atoms with Crippen molar-refractivity contribution < 1.29 is 9.90 Å². The third-order valence-electron chi connectivity index (χ3n) is 2.85. The van der Waals surface area contributed by atoms with Gasteiger partial charge in [-0.2, -0.15) is 0 Å². The van der Waals surface area contributed by atoms with E-state index in [0.717, 1.165) is 17.3 Å². The van der Waals surface area contributed by atoms with E-state index in [1.165, 1.54) is 0 Å². The molecule has 4 nitrogen and oxygen atoms in total. The lowest BCUT2D eigenvalue weighted by molar-refractivity contribution is 0.0691. The van der Waals surface area contributed by atoms with E-state index in [4.69, 9.17) is 5.11 Å². The first-order chi connectivity index (χ1) is 7.49. The van der Waals surface area contributed by atoms with E-state index in [0.29, 0.717) is 11.2 Å². The third kappa shape index (κ3) is 1.91. The van der Waals surface area contributed by atoms with Crippen LogP contribution < -0.4 is 4.90 Å². The van der Waals surface area contributed by atoms with Crippen molar-refractivity contribution in [2.75, 3.05) is 18.5 Å². The van der Waals surface area contributed by atoms with Gasteiger partial charge in [-0.05, 0) is 12.0 Å². The fourth-order valence-electron chi connectivity index (χ4n) is 1.82. The molecule has 1 unspecified atom stereocenters. The Morgan fingerprint density at radius 1 is 1.69 bits per heavy atom. The number of carboxylic acid groups (broad SMARTS) is 1. The fraction of sp³-hybridized carbons (Fsp3) is 0.545. The minimum atomic E-state index is -0.899. The van der Waals surface area contributed by atoms with E-state index in [1.807, 2.05) is 7.05 Å². The van der Waals surface area contributed by atoms with Crippen molar-refractivity contribution >= 4 is 23.5 Å². The molecule has 0 amide bonds. The quantitative estimate of drug-likeness (QED) is 0.832. The molecule has 1 aromatic heterocycles. The van der Waals surface area contributed by atoms with E-state index in [9.17, 15) is 4.79 Å². The third-order valence-corrected chi connectivity index (χ3v) is 4.41. The summed E-state index contributed by atoms with van der Waals surface area (Å²) in [7, 11) is 2.00. The number of hydrogen-bond acceptors (Lipinski definition) is 3. The lowest BCUT2D eigenvalue weighted by atomic mass is 10.1. The van der Waals surface area contributed by atoms with Crippen LogP contribution in [0.1, 0.15) is 24.3 Å². The van der Waals surface area contributed by atoms with Gasteiger partial charge in [-0.1, -0.05) is 13.8 Å². The Hall–Kier alpha value is -1.10. The Bertz CT molecular complexity index is 414. The van der Waals surface area contributed by atoms with Gasteiger partial charge in [0.05, 0.1) is 4.90 Å². The number of carbonyl (C=O) groups is 1. The van der Waals surface area contributed by atoms with Crippen molar-refractivity contribution in [2.24, 2.45) is 5.92 Å². The molecule has 1 aliphatic rings. The summed E-state index contributed by atoms with van der Waals surface area (Å²) in [5, 5.41) is 9.46. The zero-order valence-corrected chi connectivity index (χ0v) is 10.5. The Labute approximate surface area is 99.0 Å². The highest BCUT2D eigenvalue weighted by Gasteiger charge is 2.27. The van der Waals surface area contributed by atoms with Gasteiger partial charge in [0.1, 0.15) is 11.5 Å². The van der Waals surface area contributed by atoms with Gasteiger partial charge in [-0.3, -0.25) is 0 Å². The molecule has 0 aromatic carbocycles. The Balaban J connectivity index is 2.32. The topological polar surface area (TPSA) is 56.3 Å². The average Bonchev–Trinajstić information content (AvgIpc) is 2.61. The molecule has 0 aliphatic carbocycles. The van der Waals surface area contributed by atoms with Crippen LogP contribution in [-0.2, 0) is 0 Å². The molecule has 2 rings (SSSR count).